The second-order valence-corrected chi connectivity index (χ2v) is 6.05. The van der Waals surface area contributed by atoms with E-state index in [2.05, 4.69) is 15.5 Å². The van der Waals surface area contributed by atoms with E-state index in [9.17, 15) is 4.79 Å². The SMILES string of the molecule is O=C(NCc1noc([C@@H]2CCCO2)n1)c1ccc(Cl)s1. The number of halogens is 1. The summed E-state index contributed by atoms with van der Waals surface area (Å²) in [6.45, 7) is 0.933. The molecule has 3 rings (SSSR count). The van der Waals surface area contributed by atoms with Gasteiger partial charge in [-0.25, -0.2) is 0 Å². The van der Waals surface area contributed by atoms with E-state index in [4.69, 9.17) is 20.9 Å². The number of aromatic nitrogens is 2. The molecule has 6 nitrogen and oxygen atoms in total. The minimum atomic E-state index is -0.203. The summed E-state index contributed by atoms with van der Waals surface area (Å²) in [5, 5.41) is 6.55. The predicted octanol–water partition coefficient (Wildman–Crippen LogP) is 2.57. The van der Waals surface area contributed by atoms with Gasteiger partial charge >= 0.3 is 0 Å². The number of carbonyl (C=O) groups excluding carboxylic acids is 1. The van der Waals surface area contributed by atoms with Gasteiger partial charge in [0.05, 0.1) is 15.8 Å². The third-order valence-corrected chi connectivity index (χ3v) is 4.12. The highest BCUT2D eigenvalue weighted by atomic mass is 35.5. The van der Waals surface area contributed by atoms with Gasteiger partial charge in [-0.2, -0.15) is 4.98 Å². The van der Waals surface area contributed by atoms with E-state index in [-0.39, 0.29) is 18.6 Å². The molecule has 1 amide bonds. The first-order valence-corrected chi connectivity index (χ1v) is 7.39. The van der Waals surface area contributed by atoms with Crippen molar-refractivity contribution in [3.05, 3.63) is 33.1 Å². The fourth-order valence-electron chi connectivity index (χ4n) is 1.93. The van der Waals surface area contributed by atoms with Gasteiger partial charge < -0.3 is 14.6 Å². The number of carbonyl (C=O) groups is 1. The average Bonchev–Trinajstić information content (AvgIpc) is 3.16. The van der Waals surface area contributed by atoms with Crippen molar-refractivity contribution in [2.45, 2.75) is 25.5 Å². The van der Waals surface area contributed by atoms with Gasteiger partial charge in [-0.15, -0.1) is 11.3 Å². The second-order valence-electron chi connectivity index (χ2n) is 4.34. The Morgan fingerprint density at radius 2 is 2.45 bits per heavy atom. The van der Waals surface area contributed by atoms with Crippen LogP contribution in [-0.4, -0.2) is 22.7 Å². The van der Waals surface area contributed by atoms with Gasteiger partial charge in [-0.1, -0.05) is 16.8 Å². The lowest BCUT2D eigenvalue weighted by molar-refractivity contribution is 0.0835. The van der Waals surface area contributed by atoms with Crippen molar-refractivity contribution >= 4 is 28.8 Å². The van der Waals surface area contributed by atoms with Crippen molar-refractivity contribution in [3.8, 4) is 0 Å². The standard InChI is InChI=1S/C12H12ClN3O3S/c13-9-4-3-8(20-9)11(17)14-6-10-15-12(19-16-10)7-2-1-5-18-7/h3-4,7H,1-2,5-6H2,(H,14,17)/t7-/m0/s1. The number of rotatable bonds is 4. The third kappa shape index (κ3) is 3.00. The molecule has 3 heterocycles. The fourth-order valence-corrected chi connectivity index (χ4v) is 2.88. The van der Waals surface area contributed by atoms with Crippen LogP contribution in [-0.2, 0) is 11.3 Å². The molecule has 0 aliphatic carbocycles. The van der Waals surface area contributed by atoms with E-state index in [0.29, 0.717) is 20.9 Å². The molecule has 1 saturated heterocycles. The summed E-state index contributed by atoms with van der Waals surface area (Å²) in [6, 6.07) is 3.36. The van der Waals surface area contributed by atoms with Gasteiger partial charge in [0.25, 0.3) is 11.8 Å². The molecule has 0 spiro atoms. The second kappa shape index (κ2) is 5.90. The van der Waals surface area contributed by atoms with Crippen LogP contribution in [0, 0.1) is 0 Å². The quantitative estimate of drug-likeness (QED) is 0.938. The molecule has 2 aromatic rings. The molecule has 1 fully saturated rings. The molecule has 20 heavy (non-hydrogen) atoms. The molecule has 0 bridgehead atoms. The van der Waals surface area contributed by atoms with E-state index >= 15 is 0 Å². The van der Waals surface area contributed by atoms with E-state index < -0.39 is 0 Å². The number of hydrogen-bond acceptors (Lipinski definition) is 6. The van der Waals surface area contributed by atoms with E-state index in [1.54, 1.807) is 12.1 Å². The maximum absolute atomic E-state index is 11.8. The molecule has 2 aromatic heterocycles. The summed E-state index contributed by atoms with van der Waals surface area (Å²) in [6.07, 6.45) is 1.78. The highest BCUT2D eigenvalue weighted by Crippen LogP contribution is 2.26. The van der Waals surface area contributed by atoms with Crippen LogP contribution in [0.1, 0.15) is 40.3 Å². The molecule has 8 heteroatoms. The Morgan fingerprint density at radius 1 is 1.55 bits per heavy atom. The van der Waals surface area contributed by atoms with Gasteiger partial charge in [0.15, 0.2) is 5.82 Å². The van der Waals surface area contributed by atoms with Crippen LogP contribution in [0.5, 0.6) is 0 Å². The van der Waals surface area contributed by atoms with Crippen LogP contribution < -0.4 is 5.32 Å². The molecule has 0 unspecified atom stereocenters. The Morgan fingerprint density at radius 3 is 3.15 bits per heavy atom. The van der Waals surface area contributed by atoms with Crippen molar-refractivity contribution in [2.24, 2.45) is 0 Å². The fraction of sp³-hybridized carbons (Fsp3) is 0.417. The maximum atomic E-state index is 11.8. The van der Waals surface area contributed by atoms with Crippen molar-refractivity contribution in [2.75, 3.05) is 6.61 Å². The summed E-state index contributed by atoms with van der Waals surface area (Å²) >= 11 is 7.01. The van der Waals surface area contributed by atoms with Crippen LogP contribution in [0.25, 0.3) is 0 Å². The normalized spacial score (nSPS) is 18.4. The van der Waals surface area contributed by atoms with Gasteiger partial charge in [-0.3, -0.25) is 4.79 Å². The lowest BCUT2D eigenvalue weighted by Crippen LogP contribution is -2.22. The number of nitrogens with one attached hydrogen (secondary N) is 1. The van der Waals surface area contributed by atoms with Crippen LogP contribution >= 0.6 is 22.9 Å². The van der Waals surface area contributed by atoms with Gasteiger partial charge in [-0.05, 0) is 25.0 Å². The predicted molar refractivity (Wildman–Crippen MR) is 72.7 cm³/mol. The molecule has 0 radical (unpaired) electrons. The summed E-state index contributed by atoms with van der Waals surface area (Å²) in [4.78, 5) is 16.6. The summed E-state index contributed by atoms with van der Waals surface area (Å²) in [5.41, 5.74) is 0. The molecular formula is C12H12ClN3O3S. The average molecular weight is 314 g/mol. The Kier molecular flexibility index (Phi) is 4.00. The van der Waals surface area contributed by atoms with Gasteiger partial charge in [0, 0.05) is 6.61 Å². The van der Waals surface area contributed by atoms with Crippen LogP contribution in [0.4, 0.5) is 0 Å². The van der Waals surface area contributed by atoms with Crippen LogP contribution in [0.2, 0.25) is 4.34 Å². The topological polar surface area (TPSA) is 77.2 Å². The number of amides is 1. The highest BCUT2D eigenvalue weighted by Gasteiger charge is 2.23. The summed E-state index contributed by atoms with van der Waals surface area (Å²) < 4.78 is 11.2. The number of hydrogen-bond donors (Lipinski definition) is 1. The molecule has 1 aliphatic rings. The third-order valence-electron chi connectivity index (χ3n) is 2.89. The number of ether oxygens (including phenoxy) is 1. The molecule has 106 valence electrons. The lowest BCUT2D eigenvalue weighted by Gasteiger charge is -2.01. The van der Waals surface area contributed by atoms with Gasteiger partial charge in [0.2, 0.25) is 0 Å². The van der Waals surface area contributed by atoms with E-state index in [1.165, 1.54) is 11.3 Å². The molecular weight excluding hydrogens is 302 g/mol. The van der Waals surface area contributed by atoms with Crippen molar-refractivity contribution in [1.82, 2.24) is 15.5 Å². The largest absolute Gasteiger partial charge is 0.368 e. The first-order chi connectivity index (χ1) is 9.72. The molecule has 1 N–H and O–H groups in total. The maximum Gasteiger partial charge on any atom is 0.261 e. The monoisotopic (exact) mass is 313 g/mol. The van der Waals surface area contributed by atoms with Crippen molar-refractivity contribution < 1.29 is 14.1 Å². The first-order valence-electron chi connectivity index (χ1n) is 6.20. The summed E-state index contributed by atoms with van der Waals surface area (Å²) in [5.74, 6) is 0.711. The van der Waals surface area contributed by atoms with Crippen LogP contribution in [0.3, 0.4) is 0 Å². The van der Waals surface area contributed by atoms with Gasteiger partial charge in [0.1, 0.15) is 6.10 Å². The Balaban J connectivity index is 1.57. The molecule has 1 aliphatic heterocycles. The minimum Gasteiger partial charge on any atom is -0.368 e. The minimum absolute atomic E-state index is 0.108. The number of thiophene rings is 1. The summed E-state index contributed by atoms with van der Waals surface area (Å²) in [7, 11) is 0. The van der Waals surface area contributed by atoms with E-state index in [1.807, 2.05) is 0 Å². The smallest absolute Gasteiger partial charge is 0.261 e. The van der Waals surface area contributed by atoms with Crippen LogP contribution in [0.15, 0.2) is 16.7 Å². The Hall–Kier alpha value is -1.44. The Labute approximate surface area is 124 Å². The van der Waals surface area contributed by atoms with Crippen molar-refractivity contribution in [1.29, 1.82) is 0 Å². The zero-order valence-electron chi connectivity index (χ0n) is 10.5. The lowest BCUT2D eigenvalue weighted by atomic mass is 10.2. The highest BCUT2D eigenvalue weighted by molar-refractivity contribution is 7.17. The number of nitrogens with zero attached hydrogens (tertiary/aromatic N) is 2. The Bertz CT molecular complexity index is 607. The molecule has 0 aromatic carbocycles. The first kappa shape index (κ1) is 13.5. The zero-order valence-corrected chi connectivity index (χ0v) is 12.0. The van der Waals surface area contributed by atoms with E-state index in [0.717, 1.165) is 19.4 Å². The molecule has 0 saturated carbocycles. The molecule has 1 atom stereocenters. The zero-order chi connectivity index (χ0) is 13.9. The van der Waals surface area contributed by atoms with Crippen molar-refractivity contribution in [3.63, 3.8) is 0 Å².